The lowest BCUT2D eigenvalue weighted by molar-refractivity contribution is -0.132. The lowest BCUT2D eigenvalue weighted by Gasteiger charge is -2.33. The van der Waals surface area contributed by atoms with Gasteiger partial charge in [0.15, 0.2) is 0 Å². The molecule has 0 aromatic carbocycles. The van der Waals surface area contributed by atoms with E-state index in [9.17, 15) is 9.59 Å². The van der Waals surface area contributed by atoms with Gasteiger partial charge in [-0.15, -0.1) is 0 Å². The Morgan fingerprint density at radius 1 is 1.53 bits per heavy atom. The van der Waals surface area contributed by atoms with Crippen molar-refractivity contribution >= 4 is 27.9 Å². The fourth-order valence-electron chi connectivity index (χ4n) is 2.59. The highest BCUT2D eigenvalue weighted by Crippen LogP contribution is 2.36. The van der Waals surface area contributed by atoms with Crippen LogP contribution in [0.5, 0.6) is 0 Å². The normalized spacial score (nSPS) is 33.1. The first-order valence-electron chi connectivity index (χ1n) is 5.92. The maximum absolute atomic E-state index is 12.3. The molecule has 5 heteroatoms. The first-order chi connectivity index (χ1) is 7.94. The predicted molar refractivity (Wildman–Crippen MR) is 68.7 cm³/mol. The Morgan fingerprint density at radius 3 is 2.65 bits per heavy atom. The smallest absolute Gasteiger partial charge is 0.323 e. The minimum atomic E-state index is -0.633. The molecule has 1 aliphatic carbocycles. The van der Waals surface area contributed by atoms with Gasteiger partial charge >= 0.3 is 6.03 Å². The van der Waals surface area contributed by atoms with Gasteiger partial charge in [0.2, 0.25) is 0 Å². The molecule has 0 bridgehead atoms. The predicted octanol–water partition coefficient (Wildman–Crippen LogP) is 2.40. The standard InChI is InChI=1S/C12H17BrN2O2/c1-8-3-5-12(6-4-8)10(16)15(7-9(2)13)11(17)14-12/h8H,2-7H2,1H3,(H,14,17). The van der Waals surface area contributed by atoms with E-state index in [0.717, 1.165) is 25.7 Å². The van der Waals surface area contributed by atoms with E-state index in [4.69, 9.17) is 0 Å². The Kier molecular flexibility index (Phi) is 3.30. The molecule has 2 rings (SSSR count). The number of amides is 3. The Labute approximate surface area is 110 Å². The molecule has 4 nitrogen and oxygen atoms in total. The van der Waals surface area contributed by atoms with Gasteiger partial charge in [-0.1, -0.05) is 29.4 Å². The summed E-state index contributed by atoms with van der Waals surface area (Å²) in [6, 6.07) is -0.287. The third kappa shape index (κ3) is 2.25. The lowest BCUT2D eigenvalue weighted by atomic mass is 9.77. The largest absolute Gasteiger partial charge is 0.325 e. The minimum Gasteiger partial charge on any atom is -0.323 e. The quantitative estimate of drug-likeness (QED) is 0.796. The topological polar surface area (TPSA) is 49.4 Å². The van der Waals surface area contributed by atoms with Crippen LogP contribution in [-0.4, -0.2) is 28.9 Å². The third-order valence-corrected chi connectivity index (χ3v) is 3.95. The molecule has 1 saturated heterocycles. The molecule has 17 heavy (non-hydrogen) atoms. The van der Waals surface area contributed by atoms with E-state index in [1.54, 1.807) is 0 Å². The molecule has 94 valence electrons. The van der Waals surface area contributed by atoms with Gasteiger partial charge in [-0.3, -0.25) is 9.69 Å². The minimum absolute atomic E-state index is 0.0880. The van der Waals surface area contributed by atoms with E-state index >= 15 is 0 Å². The highest BCUT2D eigenvalue weighted by atomic mass is 79.9. The maximum atomic E-state index is 12.3. The van der Waals surface area contributed by atoms with Crippen molar-refractivity contribution in [1.82, 2.24) is 10.2 Å². The molecule has 2 aliphatic rings. The van der Waals surface area contributed by atoms with E-state index in [0.29, 0.717) is 10.4 Å². The number of rotatable bonds is 2. The molecule has 0 atom stereocenters. The van der Waals surface area contributed by atoms with Crippen LogP contribution in [0.25, 0.3) is 0 Å². The van der Waals surface area contributed by atoms with E-state index in [-0.39, 0.29) is 18.5 Å². The summed E-state index contributed by atoms with van der Waals surface area (Å²) in [5.41, 5.74) is -0.633. The molecule has 0 aromatic heterocycles. The summed E-state index contributed by atoms with van der Waals surface area (Å²) in [6.07, 6.45) is 3.50. The van der Waals surface area contributed by atoms with Crippen molar-refractivity contribution in [3.8, 4) is 0 Å². The van der Waals surface area contributed by atoms with Crippen LogP contribution in [0.2, 0.25) is 0 Å². The van der Waals surface area contributed by atoms with Crippen molar-refractivity contribution in [3.63, 3.8) is 0 Å². The Morgan fingerprint density at radius 2 is 2.12 bits per heavy atom. The van der Waals surface area contributed by atoms with Crippen LogP contribution >= 0.6 is 15.9 Å². The van der Waals surface area contributed by atoms with Crippen LogP contribution in [0.1, 0.15) is 32.6 Å². The molecular formula is C12H17BrN2O2. The van der Waals surface area contributed by atoms with Gasteiger partial charge in [-0.05, 0) is 31.6 Å². The van der Waals surface area contributed by atoms with Crippen molar-refractivity contribution < 1.29 is 9.59 Å². The summed E-state index contributed by atoms with van der Waals surface area (Å²) >= 11 is 3.19. The lowest BCUT2D eigenvalue weighted by Crippen LogP contribution is -2.49. The van der Waals surface area contributed by atoms with Crippen molar-refractivity contribution in [2.45, 2.75) is 38.1 Å². The molecule has 0 unspecified atom stereocenters. The van der Waals surface area contributed by atoms with Gasteiger partial charge in [0.1, 0.15) is 5.54 Å². The number of carbonyl (C=O) groups is 2. The summed E-state index contributed by atoms with van der Waals surface area (Å²) in [7, 11) is 0. The number of nitrogens with one attached hydrogen (secondary N) is 1. The fourth-order valence-corrected chi connectivity index (χ4v) is 2.84. The third-order valence-electron chi connectivity index (χ3n) is 3.70. The highest BCUT2D eigenvalue weighted by molar-refractivity contribution is 9.11. The van der Waals surface area contributed by atoms with Gasteiger partial charge in [-0.2, -0.15) is 0 Å². The average Bonchev–Trinajstić information content (AvgIpc) is 2.48. The van der Waals surface area contributed by atoms with Gasteiger partial charge in [0.05, 0.1) is 6.54 Å². The van der Waals surface area contributed by atoms with Crippen LogP contribution in [0.3, 0.4) is 0 Å². The van der Waals surface area contributed by atoms with Crippen molar-refractivity contribution in [2.75, 3.05) is 6.54 Å². The highest BCUT2D eigenvalue weighted by Gasteiger charge is 2.51. The molecule has 0 aromatic rings. The zero-order valence-corrected chi connectivity index (χ0v) is 11.5. The molecule has 0 radical (unpaired) electrons. The summed E-state index contributed by atoms with van der Waals surface area (Å²) in [6.45, 7) is 6.11. The Hall–Kier alpha value is -0.840. The van der Waals surface area contributed by atoms with Crippen LogP contribution in [-0.2, 0) is 4.79 Å². The van der Waals surface area contributed by atoms with Crippen LogP contribution < -0.4 is 5.32 Å². The molecule has 1 saturated carbocycles. The van der Waals surface area contributed by atoms with E-state index in [2.05, 4.69) is 34.7 Å². The van der Waals surface area contributed by atoms with Crippen LogP contribution in [0.15, 0.2) is 11.1 Å². The molecule has 1 spiro atoms. The van der Waals surface area contributed by atoms with Gasteiger partial charge in [0, 0.05) is 4.48 Å². The number of carbonyl (C=O) groups excluding carboxylic acids is 2. The number of urea groups is 1. The summed E-state index contributed by atoms with van der Waals surface area (Å²) in [5, 5.41) is 2.87. The van der Waals surface area contributed by atoms with Crippen molar-refractivity contribution in [1.29, 1.82) is 0 Å². The second-order valence-corrected chi connectivity index (χ2v) is 6.22. The maximum Gasteiger partial charge on any atom is 0.325 e. The molecule has 1 heterocycles. The van der Waals surface area contributed by atoms with Crippen LogP contribution in [0, 0.1) is 5.92 Å². The fraction of sp³-hybridized carbons (Fsp3) is 0.667. The average molecular weight is 301 g/mol. The molecule has 1 aliphatic heterocycles. The molecule has 1 N–H and O–H groups in total. The zero-order chi connectivity index (χ0) is 12.6. The van der Waals surface area contributed by atoms with Crippen molar-refractivity contribution in [2.24, 2.45) is 5.92 Å². The van der Waals surface area contributed by atoms with Crippen molar-refractivity contribution in [3.05, 3.63) is 11.1 Å². The number of hydrogen-bond donors (Lipinski definition) is 1. The van der Waals surface area contributed by atoms with Crippen LogP contribution in [0.4, 0.5) is 4.79 Å². The number of hydrogen-bond acceptors (Lipinski definition) is 2. The molecular weight excluding hydrogens is 284 g/mol. The summed E-state index contributed by atoms with van der Waals surface area (Å²) in [5.74, 6) is 0.556. The SMILES string of the molecule is C=C(Br)CN1C(=O)NC2(CCC(C)CC2)C1=O. The Bertz CT molecular complexity index is 373. The van der Waals surface area contributed by atoms with E-state index < -0.39 is 5.54 Å². The van der Waals surface area contributed by atoms with Gasteiger partial charge in [0.25, 0.3) is 5.91 Å². The first-order valence-corrected chi connectivity index (χ1v) is 6.71. The monoisotopic (exact) mass is 300 g/mol. The van der Waals surface area contributed by atoms with E-state index in [1.165, 1.54) is 4.90 Å². The number of imide groups is 1. The summed E-state index contributed by atoms with van der Waals surface area (Å²) < 4.78 is 0.641. The van der Waals surface area contributed by atoms with E-state index in [1.807, 2.05) is 0 Å². The Balaban J connectivity index is 2.15. The zero-order valence-electron chi connectivity index (χ0n) is 9.96. The van der Waals surface area contributed by atoms with Gasteiger partial charge < -0.3 is 5.32 Å². The van der Waals surface area contributed by atoms with Gasteiger partial charge in [-0.25, -0.2) is 4.79 Å². The number of halogens is 1. The molecule has 2 fully saturated rings. The molecule has 3 amide bonds. The first kappa shape index (κ1) is 12.6. The number of nitrogens with zero attached hydrogens (tertiary/aromatic N) is 1. The summed E-state index contributed by atoms with van der Waals surface area (Å²) in [4.78, 5) is 25.4. The second-order valence-electron chi connectivity index (χ2n) is 5.10. The second kappa shape index (κ2) is 4.44.